The van der Waals surface area contributed by atoms with Crippen LogP contribution in [-0.2, 0) is 11.3 Å². The highest BCUT2D eigenvalue weighted by Gasteiger charge is 2.23. The Hall–Kier alpha value is -1.35. The van der Waals surface area contributed by atoms with E-state index in [-0.39, 0.29) is 5.92 Å². The lowest BCUT2D eigenvalue weighted by molar-refractivity contribution is -0.141. The fraction of sp³-hybridized carbons (Fsp3) is 0.562. The van der Waals surface area contributed by atoms with Crippen LogP contribution in [0, 0.1) is 5.92 Å². The summed E-state index contributed by atoms with van der Waals surface area (Å²) < 4.78 is 0. The molecule has 19 heavy (non-hydrogen) atoms. The summed E-state index contributed by atoms with van der Waals surface area (Å²) in [6.07, 6.45) is 2.66. The van der Waals surface area contributed by atoms with Gasteiger partial charge in [-0.1, -0.05) is 38.1 Å². The van der Waals surface area contributed by atoms with Crippen molar-refractivity contribution in [3.8, 4) is 0 Å². The largest absolute Gasteiger partial charge is 0.481 e. The molecule has 0 bridgehead atoms. The quantitative estimate of drug-likeness (QED) is 0.820. The number of nitrogens with zero attached hydrogens (tertiary/aromatic N) is 1. The molecule has 0 aliphatic heterocycles. The standard InChI is InChI=1S/C16H23NO2/c1-3-17(10-12(2)16(18)19)11-13-4-6-14(7-5-13)15-8-9-15/h4-7,12,15H,3,8-11H2,1-2H3,(H,18,19). The van der Waals surface area contributed by atoms with E-state index < -0.39 is 5.97 Å². The van der Waals surface area contributed by atoms with Crippen LogP contribution in [0.5, 0.6) is 0 Å². The van der Waals surface area contributed by atoms with Gasteiger partial charge in [0.1, 0.15) is 0 Å². The van der Waals surface area contributed by atoms with Crippen molar-refractivity contribution >= 4 is 5.97 Å². The van der Waals surface area contributed by atoms with Crippen molar-refractivity contribution in [2.45, 2.75) is 39.2 Å². The third kappa shape index (κ3) is 4.06. The van der Waals surface area contributed by atoms with E-state index in [9.17, 15) is 4.79 Å². The van der Waals surface area contributed by atoms with Gasteiger partial charge in [0.25, 0.3) is 0 Å². The number of hydrogen-bond donors (Lipinski definition) is 1. The van der Waals surface area contributed by atoms with E-state index in [1.54, 1.807) is 6.92 Å². The van der Waals surface area contributed by atoms with E-state index in [1.165, 1.54) is 24.0 Å². The van der Waals surface area contributed by atoms with Crippen LogP contribution >= 0.6 is 0 Å². The van der Waals surface area contributed by atoms with Gasteiger partial charge in [-0.2, -0.15) is 0 Å². The molecule has 0 spiro atoms. The van der Waals surface area contributed by atoms with E-state index in [4.69, 9.17) is 5.11 Å². The van der Waals surface area contributed by atoms with Crippen molar-refractivity contribution < 1.29 is 9.90 Å². The van der Waals surface area contributed by atoms with Crippen LogP contribution in [0.3, 0.4) is 0 Å². The molecule has 0 heterocycles. The summed E-state index contributed by atoms with van der Waals surface area (Å²) in [5.41, 5.74) is 2.72. The maximum absolute atomic E-state index is 10.9. The molecule has 1 fully saturated rings. The van der Waals surface area contributed by atoms with Crippen LogP contribution in [0.15, 0.2) is 24.3 Å². The van der Waals surface area contributed by atoms with E-state index >= 15 is 0 Å². The summed E-state index contributed by atoms with van der Waals surface area (Å²) >= 11 is 0. The number of benzene rings is 1. The van der Waals surface area contributed by atoms with Crippen molar-refractivity contribution in [3.05, 3.63) is 35.4 Å². The molecule has 2 rings (SSSR count). The highest BCUT2D eigenvalue weighted by molar-refractivity contribution is 5.69. The molecule has 1 unspecified atom stereocenters. The Labute approximate surface area is 115 Å². The highest BCUT2D eigenvalue weighted by atomic mass is 16.4. The van der Waals surface area contributed by atoms with E-state index in [0.717, 1.165) is 19.0 Å². The van der Waals surface area contributed by atoms with Gasteiger partial charge in [0.2, 0.25) is 0 Å². The predicted octanol–water partition coefficient (Wildman–Crippen LogP) is 3.11. The van der Waals surface area contributed by atoms with E-state index in [0.29, 0.717) is 6.54 Å². The molecule has 1 aromatic rings. The summed E-state index contributed by atoms with van der Waals surface area (Å²) in [5, 5.41) is 8.97. The first kappa shape index (κ1) is 14.1. The zero-order chi connectivity index (χ0) is 13.8. The molecular formula is C16H23NO2. The Morgan fingerprint density at radius 2 is 2.00 bits per heavy atom. The Morgan fingerprint density at radius 1 is 1.37 bits per heavy atom. The maximum Gasteiger partial charge on any atom is 0.307 e. The van der Waals surface area contributed by atoms with Crippen LogP contribution in [0.2, 0.25) is 0 Å². The number of aliphatic carboxylic acids is 1. The van der Waals surface area contributed by atoms with Gasteiger partial charge in [0.15, 0.2) is 0 Å². The van der Waals surface area contributed by atoms with E-state index in [2.05, 4.69) is 36.1 Å². The highest BCUT2D eigenvalue weighted by Crippen LogP contribution is 2.39. The van der Waals surface area contributed by atoms with Crippen LogP contribution < -0.4 is 0 Å². The third-order valence-corrected chi connectivity index (χ3v) is 3.84. The third-order valence-electron chi connectivity index (χ3n) is 3.84. The maximum atomic E-state index is 10.9. The average Bonchev–Trinajstić information content (AvgIpc) is 3.23. The Bertz CT molecular complexity index is 423. The molecule has 1 saturated carbocycles. The molecular weight excluding hydrogens is 238 g/mol. The van der Waals surface area contributed by atoms with Gasteiger partial charge >= 0.3 is 5.97 Å². The summed E-state index contributed by atoms with van der Waals surface area (Å²) in [6, 6.07) is 8.81. The molecule has 1 aromatic carbocycles. The topological polar surface area (TPSA) is 40.5 Å². The first-order chi connectivity index (χ1) is 9.10. The summed E-state index contributed by atoms with van der Waals surface area (Å²) in [7, 11) is 0. The van der Waals surface area contributed by atoms with Crippen molar-refractivity contribution in [3.63, 3.8) is 0 Å². The number of carbonyl (C=O) groups is 1. The average molecular weight is 261 g/mol. The van der Waals surface area contributed by atoms with Crippen LogP contribution in [0.4, 0.5) is 0 Å². The normalized spacial score (nSPS) is 16.6. The summed E-state index contributed by atoms with van der Waals surface area (Å²) in [4.78, 5) is 13.1. The van der Waals surface area contributed by atoms with Crippen molar-refractivity contribution in [1.82, 2.24) is 4.90 Å². The fourth-order valence-electron chi connectivity index (χ4n) is 2.34. The van der Waals surface area contributed by atoms with Crippen LogP contribution in [0.1, 0.15) is 43.7 Å². The van der Waals surface area contributed by atoms with Crippen LogP contribution in [0.25, 0.3) is 0 Å². The zero-order valence-electron chi connectivity index (χ0n) is 11.8. The van der Waals surface area contributed by atoms with E-state index in [1.807, 2.05) is 0 Å². The van der Waals surface area contributed by atoms with Crippen molar-refractivity contribution in [1.29, 1.82) is 0 Å². The zero-order valence-corrected chi connectivity index (χ0v) is 11.8. The van der Waals surface area contributed by atoms with Gasteiger partial charge in [-0.15, -0.1) is 0 Å². The number of carboxylic acids is 1. The molecule has 0 amide bonds. The van der Waals surface area contributed by atoms with Gasteiger partial charge in [-0.05, 0) is 36.4 Å². The van der Waals surface area contributed by atoms with Gasteiger partial charge in [0.05, 0.1) is 5.92 Å². The minimum Gasteiger partial charge on any atom is -0.481 e. The lowest BCUT2D eigenvalue weighted by Crippen LogP contribution is -2.31. The smallest absolute Gasteiger partial charge is 0.307 e. The fourth-order valence-corrected chi connectivity index (χ4v) is 2.34. The van der Waals surface area contributed by atoms with Crippen molar-refractivity contribution in [2.24, 2.45) is 5.92 Å². The Morgan fingerprint density at radius 3 is 2.47 bits per heavy atom. The van der Waals surface area contributed by atoms with Crippen molar-refractivity contribution in [2.75, 3.05) is 13.1 Å². The molecule has 3 heteroatoms. The molecule has 3 nitrogen and oxygen atoms in total. The number of rotatable bonds is 7. The Balaban J connectivity index is 1.91. The lowest BCUT2D eigenvalue weighted by atomic mass is 10.1. The second kappa shape index (κ2) is 6.20. The van der Waals surface area contributed by atoms with Gasteiger partial charge in [-0.3, -0.25) is 9.69 Å². The number of carboxylic acid groups (broad SMARTS) is 1. The molecule has 1 aliphatic rings. The Kier molecular flexibility index (Phi) is 4.59. The predicted molar refractivity (Wildman–Crippen MR) is 76.2 cm³/mol. The molecule has 1 atom stereocenters. The molecule has 0 radical (unpaired) electrons. The molecule has 104 valence electrons. The second-order valence-electron chi connectivity index (χ2n) is 5.58. The lowest BCUT2D eigenvalue weighted by Gasteiger charge is -2.22. The first-order valence-electron chi connectivity index (χ1n) is 7.14. The second-order valence-corrected chi connectivity index (χ2v) is 5.58. The summed E-state index contributed by atoms with van der Waals surface area (Å²) in [5.74, 6) is -0.239. The monoisotopic (exact) mass is 261 g/mol. The summed E-state index contributed by atoms with van der Waals surface area (Å²) in [6.45, 7) is 6.16. The SMILES string of the molecule is CCN(Cc1ccc(C2CC2)cc1)CC(C)C(=O)O. The van der Waals surface area contributed by atoms with Gasteiger partial charge in [-0.25, -0.2) is 0 Å². The molecule has 1 N–H and O–H groups in total. The minimum absolute atomic E-state index is 0.314. The first-order valence-corrected chi connectivity index (χ1v) is 7.14. The number of hydrogen-bond acceptors (Lipinski definition) is 2. The molecule has 0 aromatic heterocycles. The van der Waals surface area contributed by atoms with Crippen LogP contribution in [-0.4, -0.2) is 29.1 Å². The molecule has 0 saturated heterocycles. The molecule has 1 aliphatic carbocycles. The van der Waals surface area contributed by atoms with Gasteiger partial charge in [0, 0.05) is 13.1 Å². The minimum atomic E-state index is -0.720. The van der Waals surface area contributed by atoms with Gasteiger partial charge < -0.3 is 5.11 Å².